The Kier molecular flexibility index (Phi) is 3.78. The lowest BCUT2D eigenvalue weighted by Crippen LogP contribution is -1.98. The van der Waals surface area contributed by atoms with Crippen LogP contribution in [0.3, 0.4) is 0 Å². The topological polar surface area (TPSA) is 50.2 Å². The summed E-state index contributed by atoms with van der Waals surface area (Å²) in [7, 11) is 0. The van der Waals surface area contributed by atoms with Crippen LogP contribution in [0.4, 0.5) is 14.6 Å². The Morgan fingerprint density at radius 1 is 1.11 bits per heavy atom. The van der Waals surface area contributed by atoms with Crippen molar-refractivity contribution in [3.05, 3.63) is 52.7 Å². The van der Waals surface area contributed by atoms with E-state index in [0.717, 1.165) is 18.3 Å². The lowest BCUT2D eigenvalue weighted by Gasteiger charge is -1.99. The predicted molar refractivity (Wildman–Crippen MR) is 64.6 cm³/mol. The van der Waals surface area contributed by atoms with Gasteiger partial charge in [0.15, 0.2) is 11.0 Å². The number of nitrogens with one attached hydrogen (secondary N) is 1. The molecule has 0 radical (unpaired) electrons. The third kappa shape index (κ3) is 2.98. The van der Waals surface area contributed by atoms with Gasteiger partial charge in [-0.1, -0.05) is 17.7 Å². The summed E-state index contributed by atoms with van der Waals surface area (Å²) < 4.78 is 26.4. The van der Waals surface area contributed by atoms with Crippen molar-refractivity contribution in [1.82, 2.24) is 10.2 Å². The molecule has 0 fully saturated rings. The van der Waals surface area contributed by atoms with Crippen LogP contribution in [-0.4, -0.2) is 16.4 Å². The molecule has 0 unspecified atom stereocenters. The number of hydrogen-bond acceptors (Lipinski definition) is 4. The lowest BCUT2D eigenvalue weighted by molar-refractivity contribution is 0.580. The summed E-state index contributed by atoms with van der Waals surface area (Å²) in [6.45, 7) is 0. The van der Waals surface area contributed by atoms with Gasteiger partial charge in [-0.05, 0) is 24.3 Å². The summed E-state index contributed by atoms with van der Waals surface area (Å²) in [5.74, 6) is -1.07. The third-order valence-electron chi connectivity index (χ3n) is 2.00. The van der Waals surface area contributed by atoms with Crippen molar-refractivity contribution in [1.29, 1.82) is 0 Å². The molecule has 0 atom stereocenters. The zero-order chi connectivity index (χ0) is 13.0. The van der Waals surface area contributed by atoms with Crippen molar-refractivity contribution in [3.8, 4) is 0 Å². The van der Waals surface area contributed by atoms with Crippen LogP contribution in [0.5, 0.6) is 0 Å². The molecule has 0 saturated heterocycles. The Morgan fingerprint density at radius 2 is 1.83 bits per heavy atom. The average Bonchev–Trinajstić information content (AvgIpc) is 2.35. The van der Waals surface area contributed by atoms with E-state index in [1.807, 2.05) is 0 Å². The molecule has 2 aromatic rings. The van der Waals surface area contributed by atoms with Crippen LogP contribution in [0.1, 0.15) is 5.56 Å². The number of nitrogens with zero attached hydrogens (tertiary/aromatic N) is 3. The fourth-order valence-corrected chi connectivity index (χ4v) is 1.27. The number of rotatable bonds is 3. The highest BCUT2D eigenvalue weighted by Crippen LogP contribution is 2.10. The normalized spacial score (nSPS) is 10.8. The quantitative estimate of drug-likeness (QED) is 0.688. The summed E-state index contributed by atoms with van der Waals surface area (Å²) in [6.07, 6.45) is 1.03. The lowest BCUT2D eigenvalue weighted by atomic mass is 10.2. The van der Waals surface area contributed by atoms with Gasteiger partial charge >= 0.3 is 0 Å². The number of aromatic nitrogens is 2. The number of hydrazone groups is 1. The number of benzene rings is 1. The van der Waals surface area contributed by atoms with Gasteiger partial charge in [-0.15, -0.1) is 10.2 Å². The van der Waals surface area contributed by atoms with E-state index in [9.17, 15) is 8.78 Å². The predicted octanol–water partition coefficient (Wildman–Crippen LogP) is 2.85. The Bertz CT molecular complexity index is 552. The van der Waals surface area contributed by atoms with E-state index in [2.05, 4.69) is 20.7 Å². The van der Waals surface area contributed by atoms with Crippen LogP contribution in [0.2, 0.25) is 5.15 Å². The molecule has 0 aliphatic carbocycles. The van der Waals surface area contributed by atoms with Crippen molar-refractivity contribution >= 4 is 23.6 Å². The zero-order valence-electron chi connectivity index (χ0n) is 8.94. The second-order valence-electron chi connectivity index (χ2n) is 3.25. The molecule has 1 heterocycles. The van der Waals surface area contributed by atoms with Crippen LogP contribution in [0.15, 0.2) is 35.4 Å². The molecule has 0 aliphatic heterocycles. The maximum Gasteiger partial charge on any atom is 0.168 e. The van der Waals surface area contributed by atoms with E-state index < -0.39 is 11.6 Å². The van der Waals surface area contributed by atoms with Gasteiger partial charge in [0.2, 0.25) is 0 Å². The molecule has 0 spiro atoms. The smallest absolute Gasteiger partial charge is 0.168 e. The maximum atomic E-state index is 13.2. The summed E-state index contributed by atoms with van der Waals surface area (Å²) in [5.41, 5.74) is 2.25. The zero-order valence-corrected chi connectivity index (χ0v) is 9.70. The second-order valence-corrected chi connectivity index (χ2v) is 3.63. The van der Waals surface area contributed by atoms with Crippen LogP contribution < -0.4 is 5.43 Å². The molecule has 1 aromatic carbocycles. The molecule has 0 amide bonds. The highest BCUT2D eigenvalue weighted by Gasteiger charge is 2.04. The van der Waals surface area contributed by atoms with Crippen LogP contribution >= 0.6 is 11.6 Å². The minimum Gasteiger partial charge on any atom is -0.260 e. The molecular formula is C11H7ClF2N4. The minimum absolute atomic E-state index is 0.230. The van der Waals surface area contributed by atoms with Gasteiger partial charge in [0.05, 0.1) is 11.8 Å². The van der Waals surface area contributed by atoms with Gasteiger partial charge < -0.3 is 0 Å². The fourth-order valence-electron chi connectivity index (χ4n) is 1.17. The van der Waals surface area contributed by atoms with Gasteiger partial charge in [0.25, 0.3) is 0 Å². The number of halogens is 3. The van der Waals surface area contributed by atoms with Crippen LogP contribution in [0, 0.1) is 11.6 Å². The molecular weight excluding hydrogens is 262 g/mol. The number of anilines is 1. The van der Waals surface area contributed by atoms with Gasteiger partial charge in [-0.3, -0.25) is 5.43 Å². The second kappa shape index (κ2) is 5.50. The average molecular weight is 269 g/mol. The van der Waals surface area contributed by atoms with Gasteiger partial charge in [-0.2, -0.15) is 5.10 Å². The first kappa shape index (κ1) is 12.4. The molecule has 7 heteroatoms. The molecule has 0 bridgehead atoms. The Hall–Kier alpha value is -2.08. The largest absolute Gasteiger partial charge is 0.260 e. The van der Waals surface area contributed by atoms with Crippen LogP contribution in [-0.2, 0) is 0 Å². The van der Waals surface area contributed by atoms with Crippen molar-refractivity contribution < 1.29 is 8.78 Å². The summed E-state index contributed by atoms with van der Waals surface area (Å²) in [5, 5.41) is 11.1. The Morgan fingerprint density at radius 3 is 2.44 bits per heavy atom. The van der Waals surface area contributed by atoms with Gasteiger partial charge in [0, 0.05) is 0 Å². The highest BCUT2D eigenvalue weighted by molar-refractivity contribution is 6.29. The van der Waals surface area contributed by atoms with E-state index in [-0.39, 0.29) is 10.7 Å². The molecule has 1 N–H and O–H groups in total. The van der Waals surface area contributed by atoms with Crippen molar-refractivity contribution in [2.75, 3.05) is 5.43 Å². The van der Waals surface area contributed by atoms with E-state index in [0.29, 0.717) is 5.82 Å². The molecule has 2 rings (SSSR count). The van der Waals surface area contributed by atoms with E-state index in [4.69, 9.17) is 11.6 Å². The number of hydrogen-bond donors (Lipinski definition) is 1. The summed E-state index contributed by atoms with van der Waals surface area (Å²) >= 11 is 5.54. The van der Waals surface area contributed by atoms with Crippen molar-refractivity contribution in [2.45, 2.75) is 0 Å². The van der Waals surface area contributed by atoms with E-state index in [1.165, 1.54) is 18.2 Å². The maximum absolute atomic E-state index is 13.2. The summed E-state index contributed by atoms with van der Waals surface area (Å²) in [6, 6.07) is 6.61. The first-order chi connectivity index (χ1) is 8.66. The van der Waals surface area contributed by atoms with Crippen LogP contribution in [0.25, 0.3) is 0 Å². The van der Waals surface area contributed by atoms with Gasteiger partial charge in [-0.25, -0.2) is 8.78 Å². The van der Waals surface area contributed by atoms with Crippen molar-refractivity contribution in [2.24, 2.45) is 5.10 Å². The Labute approximate surface area is 106 Å². The molecule has 92 valence electrons. The molecule has 4 nitrogen and oxygen atoms in total. The third-order valence-corrected chi connectivity index (χ3v) is 2.21. The molecule has 0 saturated carbocycles. The van der Waals surface area contributed by atoms with Crippen molar-refractivity contribution in [3.63, 3.8) is 0 Å². The summed E-state index contributed by atoms with van der Waals surface area (Å²) in [4.78, 5) is 0. The Balaban J connectivity index is 2.10. The minimum atomic E-state index is -0.692. The first-order valence-corrected chi connectivity index (χ1v) is 5.27. The highest BCUT2D eigenvalue weighted by atomic mass is 35.5. The first-order valence-electron chi connectivity index (χ1n) is 4.89. The monoisotopic (exact) mass is 268 g/mol. The molecule has 1 aromatic heterocycles. The fraction of sp³-hybridized carbons (Fsp3) is 0. The van der Waals surface area contributed by atoms with E-state index in [1.54, 1.807) is 0 Å². The van der Waals surface area contributed by atoms with E-state index >= 15 is 0 Å². The standard InChI is InChI=1S/C11H7ClF2N4/c12-10-4-5-11(18-16-10)17-15-6-7-8(13)2-1-3-9(7)14/h1-6H,(H,17,18)/b15-6+. The molecule has 0 aliphatic rings. The molecule has 18 heavy (non-hydrogen) atoms. The SMILES string of the molecule is Fc1cccc(F)c1/C=N/Nc1ccc(Cl)nn1. The van der Waals surface area contributed by atoms with Gasteiger partial charge in [0.1, 0.15) is 11.6 Å².